The number of carbonyl (C=O) groups is 2. The fourth-order valence-electron chi connectivity index (χ4n) is 3.37. The van der Waals surface area contributed by atoms with E-state index in [1.54, 1.807) is 32.5 Å². The molecule has 1 aromatic carbocycles. The Morgan fingerprint density at radius 3 is 2.62 bits per heavy atom. The third kappa shape index (κ3) is 5.22. The first-order valence-electron chi connectivity index (χ1n) is 9.81. The van der Waals surface area contributed by atoms with Crippen LogP contribution in [0.15, 0.2) is 29.2 Å². The minimum Gasteiger partial charge on any atom is -0.444 e. The lowest BCUT2D eigenvalue weighted by atomic mass is 10.2. The molecule has 1 saturated heterocycles. The average Bonchev–Trinajstić information content (AvgIpc) is 3.40. The summed E-state index contributed by atoms with van der Waals surface area (Å²) < 4.78 is 5.52. The van der Waals surface area contributed by atoms with Gasteiger partial charge < -0.3 is 9.84 Å². The Kier molecular flexibility index (Phi) is 6.39. The second kappa shape index (κ2) is 8.64. The van der Waals surface area contributed by atoms with E-state index in [0.29, 0.717) is 13.0 Å². The fourth-order valence-corrected chi connectivity index (χ4v) is 4.69. The number of nitrogens with zero attached hydrogens (tertiary/aromatic N) is 3. The molecule has 0 aromatic heterocycles. The highest BCUT2D eigenvalue weighted by Crippen LogP contribution is 2.37. The number of hydrogen-bond acceptors (Lipinski definition) is 6. The number of carbonyl (C=O) groups excluding carboxylic acids is 2. The van der Waals surface area contributed by atoms with Gasteiger partial charge in [-0.1, -0.05) is 18.2 Å². The molecule has 1 N–H and O–H groups in total. The zero-order valence-corrected chi connectivity index (χ0v) is 17.8. The van der Waals surface area contributed by atoms with E-state index in [9.17, 15) is 20.0 Å². The van der Waals surface area contributed by atoms with E-state index in [0.717, 1.165) is 23.3 Å². The Morgan fingerprint density at radius 1 is 1.34 bits per heavy atom. The largest absolute Gasteiger partial charge is 0.444 e. The van der Waals surface area contributed by atoms with Crippen LogP contribution in [0.1, 0.15) is 45.6 Å². The quantitative estimate of drug-likeness (QED) is 0.584. The molecule has 1 aliphatic heterocycles. The van der Waals surface area contributed by atoms with Crippen LogP contribution in [-0.4, -0.2) is 56.4 Å². The number of nitriles is 1. The van der Waals surface area contributed by atoms with Crippen molar-refractivity contribution in [3.05, 3.63) is 29.8 Å². The Labute approximate surface area is 175 Å². The number of aliphatic hydroxyl groups is 1. The van der Waals surface area contributed by atoms with Gasteiger partial charge in [0.05, 0.1) is 6.61 Å². The minimum atomic E-state index is -0.719. The molecule has 1 aliphatic carbocycles. The second-order valence-corrected chi connectivity index (χ2v) is 9.77. The standard InChI is InChI=1S/C21H27N3O4S/c1-21(2,3)28-20(27)23-11-16(29-18-7-5-4-6-14(18)12-25)10-17(23)19(26)24(13-22)15-8-9-15/h4-7,15-17,25H,8-12H2,1-3H3/t16-,17+/m1/s1. The zero-order chi connectivity index (χ0) is 21.2. The fraction of sp³-hybridized carbons (Fsp3) is 0.571. The lowest BCUT2D eigenvalue weighted by molar-refractivity contribution is -0.133. The SMILES string of the molecule is CC(C)(C)OC(=O)N1C[C@H](Sc2ccccc2CO)C[C@H]1C(=O)N(C#N)C1CC1. The van der Waals surface area contributed by atoms with Gasteiger partial charge in [-0.15, -0.1) is 11.8 Å². The molecule has 7 nitrogen and oxygen atoms in total. The Bertz CT molecular complexity index is 813. The molecule has 1 saturated carbocycles. The van der Waals surface area contributed by atoms with E-state index in [1.807, 2.05) is 30.5 Å². The van der Waals surface area contributed by atoms with Gasteiger partial charge in [-0.25, -0.2) is 9.69 Å². The molecular formula is C21H27N3O4S. The van der Waals surface area contributed by atoms with Gasteiger partial charge in [-0.2, -0.15) is 5.26 Å². The zero-order valence-electron chi connectivity index (χ0n) is 17.0. The molecule has 1 heterocycles. The predicted molar refractivity (Wildman–Crippen MR) is 109 cm³/mol. The van der Waals surface area contributed by atoms with E-state index in [2.05, 4.69) is 0 Å². The minimum absolute atomic E-state index is 0.0380. The second-order valence-electron chi connectivity index (χ2n) is 8.43. The molecule has 2 amide bonds. The van der Waals surface area contributed by atoms with Crippen LogP contribution in [0.25, 0.3) is 0 Å². The normalized spacial score (nSPS) is 21.6. The molecule has 2 aliphatic rings. The third-order valence-electron chi connectivity index (χ3n) is 4.87. The van der Waals surface area contributed by atoms with Gasteiger partial charge >= 0.3 is 6.09 Å². The van der Waals surface area contributed by atoms with Crippen LogP contribution in [0, 0.1) is 11.5 Å². The molecule has 0 spiro atoms. The Morgan fingerprint density at radius 2 is 2.03 bits per heavy atom. The molecule has 0 radical (unpaired) electrons. The van der Waals surface area contributed by atoms with Crippen molar-refractivity contribution in [3.63, 3.8) is 0 Å². The van der Waals surface area contributed by atoms with Crippen molar-refractivity contribution in [3.8, 4) is 6.19 Å². The first-order chi connectivity index (χ1) is 13.7. The summed E-state index contributed by atoms with van der Waals surface area (Å²) in [6.07, 6.45) is 3.54. The van der Waals surface area contributed by atoms with Gasteiger partial charge in [0.25, 0.3) is 5.91 Å². The van der Waals surface area contributed by atoms with Crippen LogP contribution in [0.4, 0.5) is 4.79 Å². The van der Waals surface area contributed by atoms with Crippen molar-refractivity contribution in [2.45, 2.75) is 74.5 Å². The lowest BCUT2D eigenvalue weighted by Crippen LogP contribution is -2.48. The van der Waals surface area contributed by atoms with Crippen molar-refractivity contribution in [2.24, 2.45) is 0 Å². The molecule has 0 unspecified atom stereocenters. The topological polar surface area (TPSA) is 93.9 Å². The summed E-state index contributed by atoms with van der Waals surface area (Å²) in [5.41, 5.74) is 0.137. The van der Waals surface area contributed by atoms with Crippen LogP contribution in [0.5, 0.6) is 0 Å². The van der Waals surface area contributed by atoms with Crippen molar-refractivity contribution < 1.29 is 19.4 Å². The number of aliphatic hydroxyl groups excluding tert-OH is 1. The number of hydrogen-bond donors (Lipinski definition) is 1. The number of likely N-dealkylation sites (tertiary alicyclic amines) is 1. The summed E-state index contributed by atoms with van der Waals surface area (Å²) in [7, 11) is 0. The summed E-state index contributed by atoms with van der Waals surface area (Å²) >= 11 is 1.54. The molecule has 156 valence electrons. The van der Waals surface area contributed by atoms with Gasteiger partial charge in [-0.3, -0.25) is 9.69 Å². The van der Waals surface area contributed by atoms with Gasteiger partial charge in [0.1, 0.15) is 11.6 Å². The number of amides is 2. The molecule has 2 fully saturated rings. The van der Waals surface area contributed by atoms with Crippen LogP contribution in [0.2, 0.25) is 0 Å². The highest BCUT2D eigenvalue weighted by atomic mass is 32.2. The van der Waals surface area contributed by atoms with Crippen molar-refractivity contribution >= 4 is 23.8 Å². The Balaban J connectivity index is 1.80. The highest BCUT2D eigenvalue weighted by molar-refractivity contribution is 8.00. The summed E-state index contributed by atoms with van der Waals surface area (Å²) in [6.45, 7) is 5.63. The van der Waals surface area contributed by atoms with E-state index in [-0.39, 0.29) is 23.8 Å². The Hall–Kier alpha value is -2.24. The lowest BCUT2D eigenvalue weighted by Gasteiger charge is -2.29. The van der Waals surface area contributed by atoms with Gasteiger partial charge in [0.2, 0.25) is 0 Å². The maximum absolute atomic E-state index is 13.1. The van der Waals surface area contributed by atoms with Crippen LogP contribution >= 0.6 is 11.8 Å². The van der Waals surface area contributed by atoms with Gasteiger partial charge in [0, 0.05) is 22.7 Å². The summed E-state index contributed by atoms with van der Waals surface area (Å²) in [4.78, 5) is 29.5. The number of benzene rings is 1. The van der Waals surface area contributed by atoms with Crippen molar-refractivity contribution in [1.82, 2.24) is 9.80 Å². The van der Waals surface area contributed by atoms with Crippen LogP contribution in [-0.2, 0) is 16.1 Å². The maximum atomic E-state index is 13.1. The summed E-state index contributed by atoms with van der Waals surface area (Å²) in [6, 6.07) is 6.78. The van der Waals surface area contributed by atoms with E-state index < -0.39 is 17.7 Å². The van der Waals surface area contributed by atoms with Crippen LogP contribution in [0.3, 0.4) is 0 Å². The predicted octanol–water partition coefficient (Wildman–Crippen LogP) is 3.12. The molecule has 3 rings (SSSR count). The summed E-state index contributed by atoms with van der Waals surface area (Å²) in [5, 5.41) is 19.0. The first kappa shape index (κ1) is 21.5. The van der Waals surface area contributed by atoms with Crippen molar-refractivity contribution in [2.75, 3.05) is 6.54 Å². The van der Waals surface area contributed by atoms with E-state index in [1.165, 1.54) is 9.80 Å². The number of thioether (sulfide) groups is 1. The summed E-state index contributed by atoms with van der Waals surface area (Å²) in [5.74, 6) is -0.334. The van der Waals surface area contributed by atoms with Crippen LogP contribution < -0.4 is 0 Å². The van der Waals surface area contributed by atoms with Crippen molar-refractivity contribution in [1.29, 1.82) is 5.26 Å². The third-order valence-corrected chi connectivity index (χ3v) is 6.20. The van der Waals surface area contributed by atoms with E-state index in [4.69, 9.17) is 4.74 Å². The maximum Gasteiger partial charge on any atom is 0.411 e. The molecule has 2 atom stereocenters. The smallest absolute Gasteiger partial charge is 0.411 e. The van der Waals surface area contributed by atoms with E-state index >= 15 is 0 Å². The molecule has 1 aromatic rings. The number of rotatable bonds is 5. The monoisotopic (exact) mass is 417 g/mol. The van der Waals surface area contributed by atoms with Gasteiger partial charge in [-0.05, 0) is 51.7 Å². The molecular weight excluding hydrogens is 390 g/mol. The first-order valence-corrected chi connectivity index (χ1v) is 10.7. The highest BCUT2D eigenvalue weighted by Gasteiger charge is 2.46. The van der Waals surface area contributed by atoms with Gasteiger partial charge in [0.15, 0.2) is 6.19 Å². The molecule has 29 heavy (non-hydrogen) atoms. The average molecular weight is 418 g/mol. The molecule has 0 bridgehead atoms. The molecule has 8 heteroatoms. The number of ether oxygens (including phenoxy) is 1.